The number of hydrogen-bond acceptors (Lipinski definition) is 7. The lowest BCUT2D eigenvalue weighted by atomic mass is 9.96. The Kier molecular flexibility index (Phi) is 9.93. The lowest BCUT2D eigenvalue weighted by Crippen LogP contribution is -2.50. The average molecular weight is 712 g/mol. The summed E-state index contributed by atoms with van der Waals surface area (Å²) in [5.74, 6) is 1.13. The first kappa shape index (κ1) is 32.6. The Balaban J connectivity index is 1.05. The van der Waals surface area contributed by atoms with Gasteiger partial charge in [-0.2, -0.15) is 0 Å². The fourth-order valence-electron chi connectivity index (χ4n) is 6.05. The van der Waals surface area contributed by atoms with E-state index in [0.29, 0.717) is 45.6 Å². The predicted molar refractivity (Wildman–Crippen MR) is 195 cm³/mol. The summed E-state index contributed by atoms with van der Waals surface area (Å²) in [4.78, 5) is 22.7. The number of amides is 1. The number of carbonyl (C=O) groups is 1. The van der Waals surface area contributed by atoms with Crippen LogP contribution in [0.2, 0.25) is 10.0 Å². The van der Waals surface area contributed by atoms with E-state index in [1.807, 2.05) is 76.4 Å². The Labute approximate surface area is 298 Å². The highest BCUT2D eigenvalue weighted by Gasteiger charge is 2.29. The van der Waals surface area contributed by atoms with Gasteiger partial charge in [0.15, 0.2) is 11.0 Å². The highest BCUT2D eigenvalue weighted by molar-refractivity contribution is 7.98. The molecule has 0 spiro atoms. The van der Waals surface area contributed by atoms with Crippen molar-refractivity contribution in [1.29, 1.82) is 0 Å². The number of aromatic nitrogens is 4. The molecule has 1 aliphatic rings. The first-order valence-electron chi connectivity index (χ1n) is 15.6. The minimum atomic E-state index is -0.0307. The van der Waals surface area contributed by atoms with Crippen LogP contribution < -0.4 is 0 Å². The zero-order valence-electron chi connectivity index (χ0n) is 26.2. The van der Waals surface area contributed by atoms with Crippen LogP contribution in [0.1, 0.15) is 38.2 Å². The van der Waals surface area contributed by atoms with E-state index in [2.05, 4.69) is 63.6 Å². The second-order valence-corrected chi connectivity index (χ2v) is 14.2. The first-order valence-corrected chi connectivity index (χ1v) is 18.3. The van der Waals surface area contributed by atoms with Gasteiger partial charge in [-0.25, -0.2) is 4.98 Å². The van der Waals surface area contributed by atoms with Crippen molar-refractivity contribution >= 4 is 52.2 Å². The monoisotopic (exact) mass is 710 g/mol. The number of piperazine rings is 1. The number of aryl methyl sites for hydroxylation is 1. The molecule has 242 valence electrons. The highest BCUT2D eigenvalue weighted by Crippen LogP contribution is 2.35. The molecule has 2 aromatic heterocycles. The van der Waals surface area contributed by atoms with Gasteiger partial charge in [0.05, 0.1) is 22.5 Å². The molecule has 0 saturated carbocycles. The first-order chi connectivity index (χ1) is 23.5. The molecule has 7 nitrogen and oxygen atoms in total. The van der Waals surface area contributed by atoms with Gasteiger partial charge < -0.3 is 4.90 Å². The summed E-state index contributed by atoms with van der Waals surface area (Å²) in [5, 5.41) is 13.7. The number of nitrogens with zero attached hydrogens (tertiary/aromatic N) is 6. The molecule has 0 N–H and O–H groups in total. The minimum absolute atomic E-state index is 0.0307. The lowest BCUT2D eigenvalue weighted by Gasteiger charge is -2.39. The van der Waals surface area contributed by atoms with Gasteiger partial charge in [-0.15, -0.1) is 21.5 Å². The zero-order valence-corrected chi connectivity index (χ0v) is 29.3. The predicted octanol–water partition coefficient (Wildman–Crippen LogP) is 8.85. The van der Waals surface area contributed by atoms with Gasteiger partial charge >= 0.3 is 0 Å². The van der Waals surface area contributed by atoms with Crippen molar-refractivity contribution in [2.75, 3.05) is 26.2 Å². The van der Waals surface area contributed by atoms with E-state index in [9.17, 15) is 4.79 Å². The summed E-state index contributed by atoms with van der Waals surface area (Å²) in [6, 6.07) is 34.6. The fourth-order valence-corrected chi connectivity index (χ4v) is 8.17. The molecule has 1 aliphatic heterocycles. The quantitative estimate of drug-likeness (QED) is 0.140. The molecular formula is C37H32Cl2N6OS2. The van der Waals surface area contributed by atoms with Gasteiger partial charge in [0.2, 0.25) is 0 Å². The number of halogens is 2. The van der Waals surface area contributed by atoms with Gasteiger partial charge in [-0.1, -0.05) is 114 Å². The maximum Gasteiger partial charge on any atom is 0.273 e. The molecule has 0 atom stereocenters. The maximum absolute atomic E-state index is 13.6. The Bertz CT molecular complexity index is 1990. The highest BCUT2D eigenvalue weighted by atomic mass is 35.5. The Morgan fingerprint density at radius 1 is 0.854 bits per heavy atom. The third-order valence-corrected chi connectivity index (χ3v) is 11.0. The second kappa shape index (κ2) is 14.6. The third kappa shape index (κ3) is 6.92. The zero-order chi connectivity index (χ0) is 33.0. The number of hydrogen-bond donors (Lipinski definition) is 0. The molecule has 1 amide bonds. The third-order valence-electron chi connectivity index (χ3n) is 8.45. The molecule has 4 aromatic carbocycles. The van der Waals surface area contributed by atoms with Crippen LogP contribution in [0, 0.1) is 6.92 Å². The largest absolute Gasteiger partial charge is 0.335 e. The van der Waals surface area contributed by atoms with E-state index >= 15 is 0 Å². The van der Waals surface area contributed by atoms with Crippen LogP contribution in [-0.4, -0.2) is 61.6 Å². The molecule has 0 aliphatic carbocycles. The van der Waals surface area contributed by atoms with Crippen LogP contribution in [0.4, 0.5) is 0 Å². The number of carbonyl (C=O) groups excluding carboxylic acids is 1. The van der Waals surface area contributed by atoms with Crippen LogP contribution >= 0.6 is 46.3 Å². The molecule has 1 fully saturated rings. The van der Waals surface area contributed by atoms with Gasteiger partial charge in [-0.3, -0.25) is 14.3 Å². The number of thiazole rings is 1. The van der Waals surface area contributed by atoms with Crippen LogP contribution in [-0.2, 0) is 5.75 Å². The van der Waals surface area contributed by atoms with Gasteiger partial charge in [0.1, 0.15) is 10.7 Å². The van der Waals surface area contributed by atoms with E-state index in [0.717, 1.165) is 34.9 Å². The number of thioether (sulfide) groups is 1. The van der Waals surface area contributed by atoms with Crippen LogP contribution in [0.15, 0.2) is 114 Å². The smallest absolute Gasteiger partial charge is 0.273 e. The van der Waals surface area contributed by atoms with Crippen molar-refractivity contribution in [3.8, 4) is 17.1 Å². The molecule has 0 bridgehead atoms. The maximum atomic E-state index is 13.6. The van der Waals surface area contributed by atoms with Crippen LogP contribution in [0.5, 0.6) is 0 Å². The summed E-state index contributed by atoms with van der Waals surface area (Å²) in [6.07, 6.45) is 0. The summed E-state index contributed by atoms with van der Waals surface area (Å²) < 4.78 is 1.99. The molecule has 7 rings (SSSR count). The van der Waals surface area contributed by atoms with Crippen molar-refractivity contribution in [1.82, 2.24) is 29.5 Å². The van der Waals surface area contributed by atoms with Crippen molar-refractivity contribution in [3.05, 3.63) is 146 Å². The average Bonchev–Trinajstić information content (AvgIpc) is 3.77. The summed E-state index contributed by atoms with van der Waals surface area (Å²) in [5.41, 5.74) is 5.67. The van der Waals surface area contributed by atoms with Gasteiger partial charge in [-0.05, 0) is 47.9 Å². The van der Waals surface area contributed by atoms with Crippen LogP contribution in [0.25, 0.3) is 17.1 Å². The molecule has 3 heterocycles. The summed E-state index contributed by atoms with van der Waals surface area (Å²) in [7, 11) is 0. The van der Waals surface area contributed by atoms with Crippen molar-refractivity contribution < 1.29 is 4.79 Å². The fraction of sp³-hybridized carbons (Fsp3) is 0.189. The molecule has 6 aromatic rings. The summed E-state index contributed by atoms with van der Waals surface area (Å²) >= 11 is 16.0. The number of rotatable bonds is 9. The lowest BCUT2D eigenvalue weighted by molar-refractivity contribution is 0.0592. The molecule has 0 radical (unpaired) electrons. The van der Waals surface area contributed by atoms with E-state index < -0.39 is 0 Å². The van der Waals surface area contributed by atoms with Crippen molar-refractivity contribution in [2.24, 2.45) is 0 Å². The molecule has 48 heavy (non-hydrogen) atoms. The topological polar surface area (TPSA) is 67.2 Å². The Hall–Kier alpha value is -3.99. The van der Waals surface area contributed by atoms with Gasteiger partial charge in [0.25, 0.3) is 5.91 Å². The molecular weight excluding hydrogens is 679 g/mol. The Morgan fingerprint density at radius 3 is 2.21 bits per heavy atom. The second-order valence-electron chi connectivity index (χ2n) is 11.5. The van der Waals surface area contributed by atoms with Gasteiger partial charge in [0, 0.05) is 42.1 Å². The standard InChI is InChI=1S/C37H32Cl2N6OS2/c1-25-16-17-28(38)22-32(25)45-35(29-14-8-9-15-30(29)39)41-42-37(45)48-24-33-40-31(23-47-33)36(46)44-20-18-43(19-21-44)34(26-10-4-2-5-11-26)27-12-6-3-7-13-27/h2-17,22-23,34H,18-21,24H2,1H3. The molecule has 11 heteroatoms. The van der Waals surface area contributed by atoms with Crippen LogP contribution in [0.3, 0.4) is 0 Å². The molecule has 1 saturated heterocycles. The number of benzene rings is 4. The van der Waals surface area contributed by atoms with E-state index in [-0.39, 0.29) is 11.9 Å². The van der Waals surface area contributed by atoms with E-state index in [4.69, 9.17) is 28.2 Å². The van der Waals surface area contributed by atoms with Crippen molar-refractivity contribution in [3.63, 3.8) is 0 Å². The van der Waals surface area contributed by atoms with Crippen molar-refractivity contribution in [2.45, 2.75) is 23.9 Å². The molecule has 0 unspecified atom stereocenters. The normalized spacial score (nSPS) is 13.7. The summed E-state index contributed by atoms with van der Waals surface area (Å²) in [6.45, 7) is 4.87. The Morgan fingerprint density at radius 2 is 1.52 bits per heavy atom. The van der Waals surface area contributed by atoms with E-state index in [1.54, 1.807) is 0 Å². The SMILES string of the molecule is Cc1ccc(Cl)cc1-n1c(SCc2nc(C(=O)N3CCN(C(c4ccccc4)c4ccccc4)CC3)cs2)nnc1-c1ccccc1Cl. The van der Waals surface area contributed by atoms with E-state index in [1.165, 1.54) is 34.2 Å². The minimum Gasteiger partial charge on any atom is -0.335 e.